The quantitative estimate of drug-likeness (QED) is 0.622. The van der Waals surface area contributed by atoms with Gasteiger partial charge in [0.25, 0.3) is 0 Å². The predicted octanol–water partition coefficient (Wildman–Crippen LogP) is 3.81. The summed E-state index contributed by atoms with van der Waals surface area (Å²) in [4.78, 5) is 0. The lowest BCUT2D eigenvalue weighted by molar-refractivity contribution is 0.575. The Hall–Kier alpha value is -0.490. The summed E-state index contributed by atoms with van der Waals surface area (Å²) in [5, 5.41) is 0.117. The summed E-state index contributed by atoms with van der Waals surface area (Å²) in [6.07, 6.45) is 1.02. The molecule has 0 fully saturated rings. The van der Waals surface area contributed by atoms with Crippen molar-refractivity contribution in [3.05, 3.63) is 35.9 Å². The maximum atomic E-state index is 6.17. The molecule has 1 unspecified atom stereocenters. The van der Waals surface area contributed by atoms with Crippen LogP contribution in [0.3, 0.4) is 0 Å². The molecule has 0 nitrogen and oxygen atoms in total. The van der Waals surface area contributed by atoms with Crippen molar-refractivity contribution in [1.82, 2.24) is 0 Å². The lowest BCUT2D eigenvalue weighted by atomic mass is 10.0. The number of benzene rings is 1. The third-order valence-corrected chi connectivity index (χ3v) is 2.16. The molecule has 0 aliphatic heterocycles. The van der Waals surface area contributed by atoms with E-state index in [1.54, 1.807) is 0 Å². The maximum absolute atomic E-state index is 6.17. The first kappa shape index (κ1) is 9.60. The Labute approximate surface area is 79.6 Å². The minimum atomic E-state index is 0.117. The van der Waals surface area contributed by atoms with Crippen molar-refractivity contribution in [3.63, 3.8) is 0 Å². The summed E-state index contributed by atoms with van der Waals surface area (Å²) in [6, 6.07) is 11.0. The largest absolute Gasteiger partial charge is 0.118 e. The van der Waals surface area contributed by atoms with Crippen molar-refractivity contribution in [3.8, 4) is 0 Å². The molecule has 1 heteroatoms. The van der Waals surface area contributed by atoms with Crippen LogP contribution < -0.4 is 0 Å². The highest BCUT2D eigenvalue weighted by molar-refractivity contribution is 6.20. The fourth-order valence-corrected chi connectivity index (χ4v) is 1.63. The van der Waals surface area contributed by atoms with E-state index in [0.717, 1.165) is 12.0 Å². The number of alkyl halides is 1. The minimum absolute atomic E-state index is 0.117. The van der Waals surface area contributed by atoms with Crippen molar-refractivity contribution in [2.75, 3.05) is 0 Å². The van der Waals surface area contributed by atoms with Crippen LogP contribution in [0.5, 0.6) is 0 Å². The number of hydrogen-bond acceptors (Lipinski definition) is 0. The van der Waals surface area contributed by atoms with Crippen molar-refractivity contribution in [2.24, 2.45) is 5.92 Å². The molecule has 1 atom stereocenters. The Kier molecular flexibility index (Phi) is 3.61. The molecule has 0 heterocycles. The third kappa shape index (κ3) is 2.86. The van der Waals surface area contributed by atoms with Gasteiger partial charge in [-0.3, -0.25) is 0 Å². The maximum Gasteiger partial charge on any atom is 0.0593 e. The van der Waals surface area contributed by atoms with Gasteiger partial charge in [0.05, 0.1) is 5.38 Å². The van der Waals surface area contributed by atoms with Gasteiger partial charge >= 0.3 is 0 Å². The van der Waals surface area contributed by atoms with Gasteiger partial charge in [0.15, 0.2) is 0 Å². The van der Waals surface area contributed by atoms with Gasteiger partial charge in [-0.05, 0) is 24.0 Å². The molecular weight excluding hydrogens is 168 g/mol. The van der Waals surface area contributed by atoms with Gasteiger partial charge in [0.1, 0.15) is 0 Å². The van der Waals surface area contributed by atoms with Crippen LogP contribution >= 0.6 is 11.6 Å². The molecular formula is C11H14Cl. The van der Waals surface area contributed by atoms with Crippen molar-refractivity contribution >= 4 is 11.6 Å². The smallest absolute Gasteiger partial charge is 0.0593 e. The van der Waals surface area contributed by atoms with Crippen LogP contribution in [0, 0.1) is 12.0 Å². The fraction of sp³-hybridized carbons (Fsp3) is 0.455. The molecule has 1 aromatic rings. The van der Waals surface area contributed by atoms with E-state index < -0.39 is 0 Å². The lowest BCUT2D eigenvalue weighted by Gasteiger charge is -2.11. The van der Waals surface area contributed by atoms with E-state index in [1.807, 2.05) is 24.3 Å². The first-order valence-electron chi connectivity index (χ1n) is 4.31. The van der Waals surface area contributed by atoms with Crippen molar-refractivity contribution in [2.45, 2.75) is 25.6 Å². The Morgan fingerprint density at radius 2 is 2.17 bits per heavy atom. The Morgan fingerprint density at radius 1 is 1.42 bits per heavy atom. The summed E-state index contributed by atoms with van der Waals surface area (Å²) in [5.74, 6) is 0.640. The van der Waals surface area contributed by atoms with Gasteiger partial charge in [-0.15, -0.1) is 11.6 Å². The van der Waals surface area contributed by atoms with Gasteiger partial charge in [0, 0.05) is 0 Å². The number of rotatable bonds is 3. The molecule has 0 spiro atoms. The predicted molar refractivity (Wildman–Crippen MR) is 53.3 cm³/mol. The van der Waals surface area contributed by atoms with E-state index in [9.17, 15) is 0 Å². The summed E-state index contributed by atoms with van der Waals surface area (Å²) in [7, 11) is 0. The molecule has 0 saturated heterocycles. The van der Waals surface area contributed by atoms with E-state index in [-0.39, 0.29) is 5.38 Å². The standard InChI is InChI=1S/C11H14Cl/c1-9(2)8-11(12)10-6-4-3-5-7-10/h3-6,9,11H,8H2,1-2H3. The van der Waals surface area contributed by atoms with Crippen molar-refractivity contribution < 1.29 is 0 Å². The number of hydrogen-bond donors (Lipinski definition) is 0. The van der Waals surface area contributed by atoms with Crippen LogP contribution in [-0.4, -0.2) is 0 Å². The normalized spacial score (nSPS) is 13.3. The average Bonchev–Trinajstić information content (AvgIpc) is 2.05. The van der Waals surface area contributed by atoms with E-state index in [1.165, 1.54) is 0 Å². The highest BCUT2D eigenvalue weighted by atomic mass is 35.5. The second kappa shape index (κ2) is 4.51. The Bertz CT molecular complexity index is 216. The molecule has 0 bridgehead atoms. The second-order valence-corrected chi connectivity index (χ2v) is 3.94. The Morgan fingerprint density at radius 3 is 2.67 bits per heavy atom. The molecule has 0 amide bonds. The van der Waals surface area contributed by atoms with Gasteiger partial charge in [0.2, 0.25) is 0 Å². The average molecular weight is 182 g/mol. The van der Waals surface area contributed by atoms with Gasteiger partial charge in [-0.2, -0.15) is 0 Å². The van der Waals surface area contributed by atoms with Gasteiger partial charge < -0.3 is 0 Å². The van der Waals surface area contributed by atoms with E-state index in [0.29, 0.717) is 5.92 Å². The van der Waals surface area contributed by atoms with Crippen molar-refractivity contribution in [1.29, 1.82) is 0 Å². The molecule has 0 aliphatic carbocycles. The Balaban J connectivity index is 2.59. The topological polar surface area (TPSA) is 0 Å². The molecule has 0 saturated carbocycles. The van der Waals surface area contributed by atoms with Crippen LogP contribution in [0.25, 0.3) is 0 Å². The van der Waals surface area contributed by atoms with Crippen LogP contribution in [0.15, 0.2) is 24.3 Å². The zero-order valence-corrected chi connectivity index (χ0v) is 8.31. The third-order valence-electron chi connectivity index (χ3n) is 1.75. The lowest BCUT2D eigenvalue weighted by Crippen LogP contribution is -1.95. The first-order valence-corrected chi connectivity index (χ1v) is 4.74. The highest BCUT2D eigenvalue weighted by Crippen LogP contribution is 2.26. The molecule has 1 radical (unpaired) electrons. The number of halogens is 1. The summed E-state index contributed by atoms with van der Waals surface area (Å²) < 4.78 is 0. The monoisotopic (exact) mass is 181 g/mol. The summed E-state index contributed by atoms with van der Waals surface area (Å²) in [6.45, 7) is 4.36. The van der Waals surface area contributed by atoms with Crippen LogP contribution in [0.4, 0.5) is 0 Å². The van der Waals surface area contributed by atoms with E-state index in [4.69, 9.17) is 11.6 Å². The molecule has 0 N–H and O–H groups in total. The van der Waals surface area contributed by atoms with Crippen LogP contribution in [-0.2, 0) is 0 Å². The molecule has 0 aromatic heterocycles. The molecule has 65 valence electrons. The molecule has 0 aliphatic rings. The van der Waals surface area contributed by atoms with Gasteiger partial charge in [-0.25, -0.2) is 0 Å². The first-order chi connectivity index (χ1) is 5.70. The van der Waals surface area contributed by atoms with Gasteiger partial charge in [-0.1, -0.05) is 38.1 Å². The molecule has 12 heavy (non-hydrogen) atoms. The SMILES string of the molecule is CC(C)CC(Cl)c1[c]cccc1. The minimum Gasteiger partial charge on any atom is -0.118 e. The van der Waals surface area contributed by atoms with E-state index >= 15 is 0 Å². The highest BCUT2D eigenvalue weighted by Gasteiger charge is 2.08. The van der Waals surface area contributed by atoms with E-state index in [2.05, 4.69) is 19.9 Å². The zero-order chi connectivity index (χ0) is 8.97. The summed E-state index contributed by atoms with van der Waals surface area (Å²) >= 11 is 6.17. The molecule has 1 aromatic carbocycles. The fourth-order valence-electron chi connectivity index (χ4n) is 1.14. The molecule has 1 rings (SSSR count). The second-order valence-electron chi connectivity index (χ2n) is 3.41. The van der Waals surface area contributed by atoms with Crippen LogP contribution in [0.2, 0.25) is 0 Å². The zero-order valence-electron chi connectivity index (χ0n) is 7.55. The van der Waals surface area contributed by atoms with Crippen LogP contribution in [0.1, 0.15) is 31.2 Å². The summed E-state index contributed by atoms with van der Waals surface area (Å²) in [5.41, 5.74) is 1.10.